The highest BCUT2D eigenvalue weighted by molar-refractivity contribution is 5.60. The summed E-state index contributed by atoms with van der Waals surface area (Å²) < 4.78 is 10.4. The average Bonchev–Trinajstić information content (AvgIpc) is 2.65. The van der Waals surface area contributed by atoms with Crippen molar-refractivity contribution in [2.75, 3.05) is 6.79 Å². The van der Waals surface area contributed by atoms with E-state index in [2.05, 4.69) is 0 Å². The summed E-state index contributed by atoms with van der Waals surface area (Å²) in [5.41, 5.74) is 1.01. The molecule has 1 aliphatic rings. The first-order valence-corrected chi connectivity index (χ1v) is 4.40. The van der Waals surface area contributed by atoms with Gasteiger partial charge in [-0.3, -0.25) is 0 Å². The molecule has 1 heterocycles. The Balaban J connectivity index is 2.16. The lowest BCUT2D eigenvalue weighted by Gasteiger charge is -1.96. The van der Waals surface area contributed by atoms with Crippen molar-refractivity contribution in [2.24, 2.45) is 0 Å². The molecule has 0 radical (unpaired) electrons. The molecular formula is C11H10O3. The topological polar surface area (TPSA) is 35.5 Å². The van der Waals surface area contributed by atoms with Crippen LogP contribution in [0.3, 0.4) is 0 Å². The van der Waals surface area contributed by atoms with Crippen molar-refractivity contribution in [3.8, 4) is 11.5 Å². The van der Waals surface area contributed by atoms with E-state index in [-0.39, 0.29) is 6.79 Å². The van der Waals surface area contributed by atoms with Crippen LogP contribution in [0.25, 0.3) is 6.08 Å². The number of benzene rings is 1. The van der Waals surface area contributed by atoms with E-state index in [1.54, 1.807) is 0 Å². The number of allylic oxidation sites excluding steroid dienone is 1. The Labute approximate surface area is 81.9 Å². The van der Waals surface area contributed by atoms with Crippen LogP contribution < -0.4 is 9.47 Å². The first-order valence-electron chi connectivity index (χ1n) is 4.40. The van der Waals surface area contributed by atoms with Gasteiger partial charge in [0.2, 0.25) is 6.79 Å². The Bertz CT molecular complexity index is 369. The molecule has 1 aromatic rings. The van der Waals surface area contributed by atoms with E-state index in [4.69, 9.17) is 9.47 Å². The highest BCUT2D eigenvalue weighted by atomic mass is 16.7. The van der Waals surface area contributed by atoms with Gasteiger partial charge in [-0.15, -0.1) is 0 Å². The van der Waals surface area contributed by atoms with Crippen molar-refractivity contribution in [3.05, 3.63) is 29.8 Å². The third kappa shape index (κ3) is 1.76. The zero-order valence-electron chi connectivity index (χ0n) is 7.60. The molecule has 0 aliphatic carbocycles. The Hall–Kier alpha value is -1.77. The number of aldehydes is 1. The molecule has 0 unspecified atom stereocenters. The fourth-order valence-electron chi connectivity index (χ4n) is 1.28. The maximum absolute atomic E-state index is 10.1. The Morgan fingerprint density at radius 3 is 3.00 bits per heavy atom. The molecule has 14 heavy (non-hydrogen) atoms. The van der Waals surface area contributed by atoms with Crippen molar-refractivity contribution >= 4 is 12.4 Å². The molecule has 0 amide bonds. The fourth-order valence-corrected chi connectivity index (χ4v) is 1.28. The van der Waals surface area contributed by atoms with E-state index in [0.717, 1.165) is 23.3 Å². The third-order valence-corrected chi connectivity index (χ3v) is 1.94. The summed E-state index contributed by atoms with van der Waals surface area (Å²) in [5, 5.41) is 0. The van der Waals surface area contributed by atoms with E-state index in [1.807, 2.05) is 30.4 Å². The molecule has 0 fully saturated rings. The zero-order chi connectivity index (χ0) is 9.80. The van der Waals surface area contributed by atoms with Crippen LogP contribution >= 0.6 is 0 Å². The minimum absolute atomic E-state index is 0.289. The molecule has 0 spiro atoms. The third-order valence-electron chi connectivity index (χ3n) is 1.94. The Morgan fingerprint density at radius 1 is 1.29 bits per heavy atom. The first kappa shape index (κ1) is 8.81. The van der Waals surface area contributed by atoms with Crippen LogP contribution in [-0.2, 0) is 4.79 Å². The molecule has 72 valence electrons. The number of carbonyl (C=O) groups excluding carboxylic acids is 1. The minimum atomic E-state index is 0.289. The molecule has 0 saturated carbocycles. The van der Waals surface area contributed by atoms with Crippen molar-refractivity contribution < 1.29 is 14.3 Å². The van der Waals surface area contributed by atoms with Gasteiger partial charge in [0.25, 0.3) is 0 Å². The normalized spacial score (nSPS) is 13.4. The summed E-state index contributed by atoms with van der Waals surface area (Å²) in [7, 11) is 0. The predicted octanol–water partition coefficient (Wildman–Crippen LogP) is 2.02. The second-order valence-corrected chi connectivity index (χ2v) is 2.92. The van der Waals surface area contributed by atoms with E-state index in [1.165, 1.54) is 0 Å². The largest absolute Gasteiger partial charge is 0.454 e. The molecule has 3 heteroatoms. The molecule has 3 nitrogen and oxygen atoms in total. The van der Waals surface area contributed by atoms with Crippen molar-refractivity contribution in [1.82, 2.24) is 0 Å². The second-order valence-electron chi connectivity index (χ2n) is 2.92. The Morgan fingerprint density at radius 2 is 2.14 bits per heavy atom. The van der Waals surface area contributed by atoms with Gasteiger partial charge in [0.05, 0.1) is 0 Å². The molecule has 2 rings (SSSR count). The highest BCUT2D eigenvalue weighted by Crippen LogP contribution is 2.32. The predicted molar refractivity (Wildman–Crippen MR) is 52.3 cm³/mol. The molecular weight excluding hydrogens is 180 g/mol. The lowest BCUT2D eigenvalue weighted by molar-refractivity contribution is -0.107. The minimum Gasteiger partial charge on any atom is -0.454 e. The standard InChI is InChI=1S/C11H10O3/c12-6-2-1-3-9-4-5-10-11(7-9)14-8-13-10/h1,3-7H,2,8H2. The lowest BCUT2D eigenvalue weighted by Crippen LogP contribution is -1.92. The van der Waals surface area contributed by atoms with Crippen LogP contribution in [0.1, 0.15) is 12.0 Å². The smallest absolute Gasteiger partial charge is 0.231 e. The van der Waals surface area contributed by atoms with Crippen molar-refractivity contribution in [2.45, 2.75) is 6.42 Å². The number of rotatable bonds is 3. The van der Waals surface area contributed by atoms with Crippen LogP contribution in [0.2, 0.25) is 0 Å². The average molecular weight is 190 g/mol. The summed E-state index contributed by atoms with van der Waals surface area (Å²) in [6, 6.07) is 5.68. The van der Waals surface area contributed by atoms with Gasteiger partial charge < -0.3 is 14.3 Å². The first-order chi connectivity index (χ1) is 6.90. The van der Waals surface area contributed by atoms with Gasteiger partial charge in [0.15, 0.2) is 11.5 Å². The van der Waals surface area contributed by atoms with E-state index in [9.17, 15) is 4.79 Å². The Kier molecular flexibility index (Phi) is 2.49. The zero-order valence-corrected chi connectivity index (χ0v) is 7.60. The molecule has 0 atom stereocenters. The summed E-state index contributed by atoms with van der Waals surface area (Å²) in [6.07, 6.45) is 5.00. The highest BCUT2D eigenvalue weighted by Gasteiger charge is 2.11. The number of hydrogen-bond donors (Lipinski definition) is 0. The van der Waals surface area contributed by atoms with Crippen LogP contribution in [0.5, 0.6) is 11.5 Å². The number of carbonyl (C=O) groups is 1. The number of hydrogen-bond acceptors (Lipinski definition) is 3. The number of fused-ring (bicyclic) bond motifs is 1. The van der Waals surface area contributed by atoms with Crippen LogP contribution in [0, 0.1) is 0 Å². The SMILES string of the molecule is O=CCC=Cc1ccc2c(c1)OCO2. The lowest BCUT2D eigenvalue weighted by atomic mass is 10.2. The molecule has 0 N–H and O–H groups in total. The van der Waals surface area contributed by atoms with Gasteiger partial charge >= 0.3 is 0 Å². The quantitative estimate of drug-likeness (QED) is 0.684. The molecule has 1 aromatic carbocycles. The monoisotopic (exact) mass is 190 g/mol. The summed E-state index contributed by atoms with van der Waals surface area (Å²) in [6.45, 7) is 0.289. The van der Waals surface area contributed by atoms with E-state index >= 15 is 0 Å². The van der Waals surface area contributed by atoms with Gasteiger partial charge in [0, 0.05) is 6.42 Å². The summed E-state index contributed by atoms with van der Waals surface area (Å²) in [4.78, 5) is 10.1. The van der Waals surface area contributed by atoms with Crippen molar-refractivity contribution in [1.29, 1.82) is 0 Å². The van der Waals surface area contributed by atoms with Crippen LogP contribution in [-0.4, -0.2) is 13.1 Å². The molecule has 0 bridgehead atoms. The molecule has 1 aliphatic heterocycles. The maximum Gasteiger partial charge on any atom is 0.231 e. The summed E-state index contributed by atoms with van der Waals surface area (Å²) >= 11 is 0. The van der Waals surface area contributed by atoms with Gasteiger partial charge in [-0.05, 0) is 17.7 Å². The second kappa shape index (κ2) is 3.96. The van der Waals surface area contributed by atoms with Crippen molar-refractivity contribution in [3.63, 3.8) is 0 Å². The fraction of sp³-hybridized carbons (Fsp3) is 0.182. The summed E-state index contributed by atoms with van der Waals surface area (Å²) in [5.74, 6) is 1.54. The van der Waals surface area contributed by atoms with Gasteiger partial charge in [-0.1, -0.05) is 18.2 Å². The van der Waals surface area contributed by atoms with Crippen LogP contribution in [0.4, 0.5) is 0 Å². The molecule has 0 saturated heterocycles. The number of ether oxygens (including phenoxy) is 2. The molecule has 0 aromatic heterocycles. The maximum atomic E-state index is 10.1. The van der Waals surface area contributed by atoms with Gasteiger partial charge in [-0.2, -0.15) is 0 Å². The van der Waals surface area contributed by atoms with E-state index in [0.29, 0.717) is 6.42 Å². The van der Waals surface area contributed by atoms with Gasteiger partial charge in [0.1, 0.15) is 6.29 Å². The van der Waals surface area contributed by atoms with Gasteiger partial charge in [-0.25, -0.2) is 0 Å². The van der Waals surface area contributed by atoms with Crippen LogP contribution in [0.15, 0.2) is 24.3 Å². The van der Waals surface area contributed by atoms with E-state index < -0.39 is 0 Å².